The molecule has 2 unspecified atom stereocenters. The Hall–Kier alpha value is -1.76. The minimum absolute atomic E-state index is 0.205. The van der Waals surface area contributed by atoms with Gasteiger partial charge in [0.25, 0.3) is 0 Å². The van der Waals surface area contributed by atoms with Crippen LogP contribution in [0, 0.1) is 5.92 Å². The second-order valence-electron chi connectivity index (χ2n) is 5.13. The smallest absolute Gasteiger partial charge is 0.331 e. The first-order valence-electron chi connectivity index (χ1n) is 6.44. The highest BCUT2D eigenvalue weighted by atomic mass is 19.4. The molecule has 7 heteroatoms. The Labute approximate surface area is 113 Å². The van der Waals surface area contributed by atoms with Crippen LogP contribution in [0.3, 0.4) is 0 Å². The Kier molecular flexibility index (Phi) is 3.08. The maximum atomic E-state index is 12.7. The van der Waals surface area contributed by atoms with E-state index in [-0.39, 0.29) is 17.6 Å². The quantitative estimate of drug-likeness (QED) is 0.742. The Morgan fingerprint density at radius 3 is 2.70 bits per heavy atom. The number of rotatable bonds is 1. The summed E-state index contributed by atoms with van der Waals surface area (Å²) in [6.45, 7) is 1.62. The maximum Gasteiger partial charge on any atom is 0.416 e. The molecule has 3 rings (SSSR count). The summed E-state index contributed by atoms with van der Waals surface area (Å²) >= 11 is 0. The van der Waals surface area contributed by atoms with Crippen molar-refractivity contribution in [3.63, 3.8) is 0 Å². The summed E-state index contributed by atoms with van der Waals surface area (Å²) in [7, 11) is 0. The van der Waals surface area contributed by atoms with Gasteiger partial charge in [0.05, 0.1) is 11.6 Å². The summed E-state index contributed by atoms with van der Waals surface area (Å²) < 4.78 is 38.1. The Bertz CT molecular complexity index is 538. The Morgan fingerprint density at radius 2 is 2.05 bits per heavy atom. The Morgan fingerprint density at radius 1 is 1.25 bits per heavy atom. The molecule has 2 amide bonds. The third-order valence-corrected chi connectivity index (χ3v) is 3.82. The lowest BCUT2D eigenvalue weighted by Gasteiger charge is -2.31. The number of carbonyl (C=O) groups excluding carboxylic acids is 1. The summed E-state index contributed by atoms with van der Waals surface area (Å²) in [6.07, 6.45) is -3.51. The van der Waals surface area contributed by atoms with E-state index >= 15 is 0 Å². The van der Waals surface area contributed by atoms with Crippen LogP contribution in [0.5, 0.6) is 0 Å². The van der Waals surface area contributed by atoms with Crippen LogP contribution in [0.1, 0.15) is 23.6 Å². The number of carbonyl (C=O) groups is 1. The van der Waals surface area contributed by atoms with E-state index in [2.05, 4.69) is 16.0 Å². The molecule has 3 N–H and O–H groups in total. The second kappa shape index (κ2) is 4.66. The summed E-state index contributed by atoms with van der Waals surface area (Å²) in [5, 5.41) is 8.46. The van der Waals surface area contributed by atoms with E-state index in [1.807, 2.05) is 0 Å². The highest BCUT2D eigenvalue weighted by Crippen LogP contribution is 2.38. The van der Waals surface area contributed by atoms with Crippen molar-refractivity contribution in [1.29, 1.82) is 0 Å². The van der Waals surface area contributed by atoms with Crippen LogP contribution in [-0.2, 0) is 6.18 Å². The van der Waals surface area contributed by atoms with Crippen molar-refractivity contribution in [3.8, 4) is 0 Å². The topological polar surface area (TPSA) is 53.2 Å². The molecule has 0 radical (unpaired) electrons. The number of halogens is 3. The van der Waals surface area contributed by atoms with Gasteiger partial charge in [0, 0.05) is 12.2 Å². The number of nitrogens with one attached hydrogen (secondary N) is 3. The molecule has 1 aromatic carbocycles. The van der Waals surface area contributed by atoms with E-state index in [9.17, 15) is 18.0 Å². The highest BCUT2D eigenvalue weighted by molar-refractivity contribution is 5.93. The van der Waals surface area contributed by atoms with Crippen LogP contribution in [0.15, 0.2) is 18.2 Å². The van der Waals surface area contributed by atoms with Crippen LogP contribution in [0.2, 0.25) is 0 Å². The minimum Gasteiger partial charge on any atom is -0.331 e. The number of hydrogen-bond acceptors (Lipinski definition) is 2. The molecule has 2 aliphatic heterocycles. The molecule has 2 aliphatic rings. The van der Waals surface area contributed by atoms with Crippen molar-refractivity contribution < 1.29 is 18.0 Å². The van der Waals surface area contributed by atoms with Gasteiger partial charge >= 0.3 is 12.2 Å². The van der Waals surface area contributed by atoms with Crippen LogP contribution in [0.25, 0.3) is 0 Å². The maximum absolute atomic E-state index is 12.7. The first-order valence-corrected chi connectivity index (χ1v) is 6.44. The predicted octanol–water partition coefficient (Wildman–Crippen LogP) is 2.49. The van der Waals surface area contributed by atoms with Gasteiger partial charge in [0.15, 0.2) is 0 Å². The van der Waals surface area contributed by atoms with E-state index < -0.39 is 17.8 Å². The average Bonchev–Trinajstić information content (AvgIpc) is 2.89. The van der Waals surface area contributed by atoms with Gasteiger partial charge in [-0.2, -0.15) is 13.2 Å². The summed E-state index contributed by atoms with van der Waals surface area (Å²) in [4.78, 5) is 11.6. The molecule has 0 spiro atoms. The normalized spacial score (nSPS) is 25.9. The van der Waals surface area contributed by atoms with Crippen molar-refractivity contribution in [2.45, 2.75) is 18.6 Å². The third-order valence-electron chi connectivity index (χ3n) is 3.82. The zero-order chi connectivity index (χ0) is 14.3. The number of benzene rings is 1. The van der Waals surface area contributed by atoms with Crippen molar-refractivity contribution in [1.82, 2.24) is 10.6 Å². The molecule has 2 atom stereocenters. The van der Waals surface area contributed by atoms with E-state index in [1.165, 1.54) is 6.07 Å². The number of fused-ring (bicyclic) bond motifs is 1. The van der Waals surface area contributed by atoms with Crippen LogP contribution >= 0.6 is 0 Å². The standard InChI is InChI=1S/C13H14F3N3O/c14-13(15,16)8-1-2-9-10(5-8)18-12(20)19-11(9)7-3-4-17-6-7/h1-2,5,7,11,17H,3-4,6H2,(H2,18,19,20). The molecular formula is C13H14F3N3O. The van der Waals surface area contributed by atoms with Crippen LogP contribution < -0.4 is 16.0 Å². The fourth-order valence-corrected chi connectivity index (χ4v) is 2.82. The predicted molar refractivity (Wildman–Crippen MR) is 67.3 cm³/mol. The van der Waals surface area contributed by atoms with E-state index in [0.717, 1.165) is 31.6 Å². The largest absolute Gasteiger partial charge is 0.416 e. The van der Waals surface area contributed by atoms with Gasteiger partial charge in [-0.15, -0.1) is 0 Å². The first kappa shape index (κ1) is 13.2. The lowest BCUT2D eigenvalue weighted by atomic mass is 9.89. The SMILES string of the molecule is O=C1Nc2cc(C(F)(F)F)ccc2C(C2CCNC2)N1. The lowest BCUT2D eigenvalue weighted by Crippen LogP contribution is -2.41. The van der Waals surface area contributed by atoms with Gasteiger partial charge in [-0.25, -0.2) is 4.79 Å². The average molecular weight is 285 g/mol. The van der Waals surface area contributed by atoms with Crippen molar-refractivity contribution in [2.75, 3.05) is 18.4 Å². The van der Waals surface area contributed by atoms with Crippen molar-refractivity contribution in [2.24, 2.45) is 5.92 Å². The highest BCUT2D eigenvalue weighted by Gasteiger charge is 2.36. The molecule has 0 bridgehead atoms. The number of urea groups is 1. The van der Waals surface area contributed by atoms with Crippen LogP contribution in [-0.4, -0.2) is 19.1 Å². The lowest BCUT2D eigenvalue weighted by molar-refractivity contribution is -0.137. The first-order chi connectivity index (χ1) is 9.45. The fraction of sp³-hybridized carbons (Fsp3) is 0.462. The molecule has 108 valence electrons. The van der Waals surface area contributed by atoms with Gasteiger partial charge in [-0.1, -0.05) is 6.07 Å². The van der Waals surface area contributed by atoms with Gasteiger partial charge < -0.3 is 16.0 Å². The molecule has 1 saturated heterocycles. The second-order valence-corrected chi connectivity index (χ2v) is 5.13. The summed E-state index contributed by atoms with van der Waals surface area (Å²) in [6, 6.07) is 2.83. The zero-order valence-corrected chi connectivity index (χ0v) is 10.6. The van der Waals surface area contributed by atoms with Gasteiger partial charge in [-0.05, 0) is 36.6 Å². The molecule has 1 fully saturated rings. The number of amides is 2. The van der Waals surface area contributed by atoms with E-state index in [4.69, 9.17) is 0 Å². The fourth-order valence-electron chi connectivity index (χ4n) is 2.82. The van der Waals surface area contributed by atoms with Crippen molar-refractivity contribution in [3.05, 3.63) is 29.3 Å². The summed E-state index contributed by atoms with van der Waals surface area (Å²) in [5.41, 5.74) is 0.216. The number of anilines is 1. The molecule has 4 nitrogen and oxygen atoms in total. The molecule has 0 aliphatic carbocycles. The van der Waals surface area contributed by atoms with E-state index in [1.54, 1.807) is 0 Å². The van der Waals surface area contributed by atoms with Gasteiger partial charge in [0.2, 0.25) is 0 Å². The molecular weight excluding hydrogens is 271 g/mol. The number of hydrogen-bond donors (Lipinski definition) is 3. The molecule has 0 saturated carbocycles. The van der Waals surface area contributed by atoms with E-state index in [0.29, 0.717) is 5.56 Å². The van der Waals surface area contributed by atoms with Crippen LogP contribution in [0.4, 0.5) is 23.7 Å². The monoisotopic (exact) mass is 285 g/mol. The van der Waals surface area contributed by atoms with Crippen molar-refractivity contribution >= 4 is 11.7 Å². The molecule has 20 heavy (non-hydrogen) atoms. The van der Waals surface area contributed by atoms with Gasteiger partial charge in [0.1, 0.15) is 0 Å². The zero-order valence-electron chi connectivity index (χ0n) is 10.6. The number of alkyl halides is 3. The summed E-state index contributed by atoms with van der Waals surface area (Å²) in [5.74, 6) is 0.205. The molecule has 0 aromatic heterocycles. The van der Waals surface area contributed by atoms with Gasteiger partial charge in [-0.3, -0.25) is 0 Å². The minimum atomic E-state index is -4.41. The molecule has 1 aromatic rings. The third kappa shape index (κ3) is 2.33. The Balaban J connectivity index is 1.98. The molecule has 2 heterocycles.